The van der Waals surface area contributed by atoms with E-state index in [0.717, 1.165) is 6.42 Å². The number of carbonyl (C=O) groups excluding carboxylic acids is 1. The van der Waals surface area contributed by atoms with E-state index in [1.54, 1.807) is 19.1 Å². The highest BCUT2D eigenvalue weighted by Gasteiger charge is 2.11. The lowest BCUT2D eigenvalue weighted by Crippen LogP contribution is -2.04. The molecule has 1 rings (SSSR count). The van der Waals surface area contributed by atoms with Crippen molar-refractivity contribution in [2.24, 2.45) is 0 Å². The Labute approximate surface area is 88.7 Å². The number of aryl methyl sites for hydroxylation is 1. The summed E-state index contributed by atoms with van der Waals surface area (Å²) in [4.78, 5) is 22.4. The number of carboxylic acid groups (broad SMARTS) is 1. The number of hydrogen-bond acceptors (Lipinski definition) is 2. The topological polar surface area (TPSA) is 54.4 Å². The summed E-state index contributed by atoms with van der Waals surface area (Å²) >= 11 is 0. The highest BCUT2D eigenvalue weighted by molar-refractivity contribution is 5.99. The Morgan fingerprint density at radius 3 is 2.53 bits per heavy atom. The minimum Gasteiger partial charge on any atom is -0.478 e. The molecule has 1 aromatic rings. The smallest absolute Gasteiger partial charge is 0.335 e. The number of carboxylic acids is 1. The van der Waals surface area contributed by atoms with Crippen LogP contribution in [0, 0.1) is 6.92 Å². The van der Waals surface area contributed by atoms with E-state index in [1.165, 1.54) is 6.07 Å². The number of benzene rings is 1. The molecule has 0 radical (unpaired) electrons. The maximum Gasteiger partial charge on any atom is 0.335 e. The summed E-state index contributed by atoms with van der Waals surface area (Å²) in [6, 6.07) is 4.81. The van der Waals surface area contributed by atoms with E-state index in [4.69, 9.17) is 5.11 Å². The quantitative estimate of drug-likeness (QED) is 0.770. The van der Waals surface area contributed by atoms with E-state index < -0.39 is 5.97 Å². The average Bonchev–Trinajstić information content (AvgIpc) is 2.18. The first kappa shape index (κ1) is 11.4. The number of Topliss-reactive ketones (excluding diaryl/α,β-unsaturated/α-hetero) is 1. The van der Waals surface area contributed by atoms with Gasteiger partial charge in [0.25, 0.3) is 0 Å². The van der Waals surface area contributed by atoms with E-state index in [2.05, 4.69) is 0 Å². The minimum absolute atomic E-state index is 0.000000000000000222. The summed E-state index contributed by atoms with van der Waals surface area (Å²) in [7, 11) is 0. The van der Waals surface area contributed by atoms with Gasteiger partial charge in [0.05, 0.1) is 5.56 Å². The Bertz CT molecular complexity index is 394. The number of aromatic carboxylic acids is 1. The third-order valence-corrected chi connectivity index (χ3v) is 2.27. The van der Waals surface area contributed by atoms with Crippen LogP contribution in [0.5, 0.6) is 0 Å². The highest BCUT2D eigenvalue weighted by Crippen LogP contribution is 2.13. The minimum atomic E-state index is -0.987. The SMILES string of the molecule is CCCC(=O)c1ccc(C)c(C(=O)O)c1. The Balaban J connectivity index is 3.07. The third-order valence-electron chi connectivity index (χ3n) is 2.27. The molecule has 3 heteroatoms. The summed E-state index contributed by atoms with van der Waals surface area (Å²) < 4.78 is 0. The van der Waals surface area contributed by atoms with Gasteiger partial charge in [-0.05, 0) is 25.0 Å². The molecule has 0 atom stereocenters. The average molecular weight is 206 g/mol. The molecular formula is C12H14O3. The van der Waals surface area contributed by atoms with E-state index in [9.17, 15) is 9.59 Å². The molecular weight excluding hydrogens is 192 g/mol. The first-order chi connectivity index (χ1) is 7.06. The molecule has 0 fully saturated rings. The lowest BCUT2D eigenvalue weighted by atomic mass is 10.0. The number of carbonyl (C=O) groups is 2. The summed E-state index contributed by atoms with van der Waals surface area (Å²) in [5, 5.41) is 8.89. The third kappa shape index (κ3) is 2.65. The summed E-state index contributed by atoms with van der Waals surface area (Å²) in [6.07, 6.45) is 1.23. The lowest BCUT2D eigenvalue weighted by molar-refractivity contribution is 0.0696. The van der Waals surface area contributed by atoms with Gasteiger partial charge >= 0.3 is 5.97 Å². The second kappa shape index (κ2) is 4.73. The predicted molar refractivity (Wildman–Crippen MR) is 57.4 cm³/mol. The Kier molecular flexibility index (Phi) is 3.61. The standard InChI is InChI=1S/C12H14O3/c1-3-4-11(13)9-6-5-8(2)10(7-9)12(14)15/h5-7H,3-4H2,1-2H3,(H,14,15). The van der Waals surface area contributed by atoms with E-state index in [0.29, 0.717) is 17.5 Å². The fourth-order valence-electron chi connectivity index (χ4n) is 1.40. The van der Waals surface area contributed by atoms with E-state index >= 15 is 0 Å². The zero-order valence-corrected chi connectivity index (χ0v) is 8.91. The molecule has 0 bridgehead atoms. The van der Waals surface area contributed by atoms with Crippen molar-refractivity contribution in [2.45, 2.75) is 26.7 Å². The second-order valence-electron chi connectivity index (χ2n) is 3.51. The van der Waals surface area contributed by atoms with Crippen LogP contribution in [-0.2, 0) is 0 Å². The molecule has 0 aliphatic rings. The number of rotatable bonds is 4. The number of ketones is 1. The molecule has 0 saturated heterocycles. The van der Waals surface area contributed by atoms with Gasteiger partial charge in [-0.2, -0.15) is 0 Å². The van der Waals surface area contributed by atoms with Gasteiger partial charge in [0.2, 0.25) is 0 Å². The molecule has 0 aromatic heterocycles. The van der Waals surface area contributed by atoms with Crippen LogP contribution in [0.1, 0.15) is 46.0 Å². The van der Waals surface area contributed by atoms with Gasteiger partial charge in [0.15, 0.2) is 5.78 Å². The Morgan fingerprint density at radius 1 is 1.33 bits per heavy atom. The Hall–Kier alpha value is -1.64. The Morgan fingerprint density at radius 2 is 2.00 bits per heavy atom. The molecule has 3 nitrogen and oxygen atoms in total. The first-order valence-corrected chi connectivity index (χ1v) is 4.93. The summed E-state index contributed by atoms with van der Waals surface area (Å²) in [5.41, 5.74) is 1.37. The molecule has 80 valence electrons. The van der Waals surface area contributed by atoms with Gasteiger partial charge in [0, 0.05) is 12.0 Å². The second-order valence-corrected chi connectivity index (χ2v) is 3.51. The van der Waals surface area contributed by atoms with Crippen molar-refractivity contribution in [3.05, 3.63) is 34.9 Å². The van der Waals surface area contributed by atoms with Crippen molar-refractivity contribution < 1.29 is 14.7 Å². The van der Waals surface area contributed by atoms with Crippen LogP contribution >= 0.6 is 0 Å². The van der Waals surface area contributed by atoms with Crippen molar-refractivity contribution in [3.8, 4) is 0 Å². The van der Waals surface area contributed by atoms with Gasteiger partial charge in [-0.1, -0.05) is 19.1 Å². The molecule has 1 N–H and O–H groups in total. The molecule has 0 unspecified atom stereocenters. The molecule has 0 heterocycles. The van der Waals surface area contributed by atoms with Crippen LogP contribution in [0.3, 0.4) is 0 Å². The lowest BCUT2D eigenvalue weighted by Gasteiger charge is -2.04. The van der Waals surface area contributed by atoms with Gasteiger partial charge in [0.1, 0.15) is 0 Å². The fraction of sp³-hybridized carbons (Fsp3) is 0.333. The van der Waals surface area contributed by atoms with Crippen molar-refractivity contribution in [2.75, 3.05) is 0 Å². The van der Waals surface area contributed by atoms with E-state index in [-0.39, 0.29) is 11.3 Å². The van der Waals surface area contributed by atoms with Crippen molar-refractivity contribution in [1.29, 1.82) is 0 Å². The van der Waals surface area contributed by atoms with E-state index in [1.807, 2.05) is 6.92 Å². The van der Waals surface area contributed by atoms with Gasteiger partial charge in [-0.15, -0.1) is 0 Å². The van der Waals surface area contributed by atoms with Crippen molar-refractivity contribution in [1.82, 2.24) is 0 Å². The summed E-state index contributed by atoms with van der Waals surface area (Å²) in [6.45, 7) is 3.64. The molecule has 0 amide bonds. The monoisotopic (exact) mass is 206 g/mol. The number of hydrogen-bond donors (Lipinski definition) is 1. The van der Waals surface area contributed by atoms with Gasteiger partial charge < -0.3 is 5.11 Å². The van der Waals surface area contributed by atoms with Crippen LogP contribution in [-0.4, -0.2) is 16.9 Å². The molecule has 0 aliphatic carbocycles. The van der Waals surface area contributed by atoms with Crippen molar-refractivity contribution >= 4 is 11.8 Å². The van der Waals surface area contributed by atoms with Gasteiger partial charge in [-0.25, -0.2) is 4.79 Å². The molecule has 0 aliphatic heterocycles. The van der Waals surface area contributed by atoms with Crippen LogP contribution in [0.25, 0.3) is 0 Å². The zero-order chi connectivity index (χ0) is 11.4. The maximum absolute atomic E-state index is 11.5. The molecule has 15 heavy (non-hydrogen) atoms. The van der Waals surface area contributed by atoms with Crippen molar-refractivity contribution in [3.63, 3.8) is 0 Å². The van der Waals surface area contributed by atoms with Gasteiger partial charge in [-0.3, -0.25) is 4.79 Å². The first-order valence-electron chi connectivity index (χ1n) is 4.93. The van der Waals surface area contributed by atoms with Crippen LogP contribution in [0.15, 0.2) is 18.2 Å². The zero-order valence-electron chi connectivity index (χ0n) is 8.91. The maximum atomic E-state index is 11.5. The van der Waals surface area contributed by atoms with Crippen LogP contribution in [0.4, 0.5) is 0 Å². The van der Waals surface area contributed by atoms with Crippen LogP contribution < -0.4 is 0 Å². The normalized spacial score (nSPS) is 10.0. The predicted octanol–water partition coefficient (Wildman–Crippen LogP) is 2.68. The highest BCUT2D eigenvalue weighted by atomic mass is 16.4. The summed E-state index contributed by atoms with van der Waals surface area (Å²) in [5.74, 6) is -0.987. The largest absolute Gasteiger partial charge is 0.478 e. The molecule has 0 saturated carbocycles. The van der Waals surface area contributed by atoms with Crippen LogP contribution in [0.2, 0.25) is 0 Å². The molecule has 1 aromatic carbocycles. The fourth-order valence-corrected chi connectivity index (χ4v) is 1.40. The molecule has 0 spiro atoms.